The highest BCUT2D eigenvalue weighted by atomic mass is 32.1. The quantitative estimate of drug-likeness (QED) is 0.152. The molecule has 1 heterocycles. The van der Waals surface area contributed by atoms with Gasteiger partial charge in [0.2, 0.25) is 0 Å². The standard InChI is InChI=1S/C40H24S/c1-3-13-28-25(10-1)12-9-18-31(28)40-33-17-6-5-16-32(33)38(34-22-20-26-11-2-4-14-29(26)39(34)40)27-21-23-37-35(24-27)30-15-7-8-19-36(30)41-37/h1-24H. The summed E-state index contributed by atoms with van der Waals surface area (Å²) in [6, 6.07) is 53.8. The van der Waals surface area contributed by atoms with Gasteiger partial charge in [0.1, 0.15) is 0 Å². The van der Waals surface area contributed by atoms with Gasteiger partial charge in [0.15, 0.2) is 0 Å². The molecule has 0 atom stereocenters. The summed E-state index contributed by atoms with van der Waals surface area (Å²) in [5.74, 6) is 0. The molecule has 0 saturated carbocycles. The fraction of sp³-hybridized carbons (Fsp3) is 0. The Labute approximate surface area is 241 Å². The minimum absolute atomic E-state index is 1.27. The van der Waals surface area contributed by atoms with Crippen LogP contribution in [0.5, 0.6) is 0 Å². The normalized spacial score (nSPS) is 11.9. The second kappa shape index (κ2) is 8.76. The lowest BCUT2D eigenvalue weighted by molar-refractivity contribution is 1.70. The van der Waals surface area contributed by atoms with Crippen LogP contribution in [-0.4, -0.2) is 0 Å². The van der Waals surface area contributed by atoms with Crippen molar-refractivity contribution in [3.63, 3.8) is 0 Å². The summed E-state index contributed by atoms with van der Waals surface area (Å²) >= 11 is 1.88. The first-order valence-corrected chi connectivity index (χ1v) is 14.9. The van der Waals surface area contributed by atoms with Crippen LogP contribution in [-0.2, 0) is 0 Å². The molecule has 1 aromatic heterocycles. The minimum atomic E-state index is 1.27. The number of rotatable bonds is 2. The summed E-state index contributed by atoms with van der Waals surface area (Å²) in [5, 5.41) is 13.0. The van der Waals surface area contributed by atoms with Crippen molar-refractivity contribution in [2.45, 2.75) is 0 Å². The second-order valence-corrected chi connectivity index (χ2v) is 11.9. The molecule has 1 heteroatoms. The molecule has 0 nitrogen and oxygen atoms in total. The highest BCUT2D eigenvalue weighted by Crippen LogP contribution is 2.48. The summed E-state index contributed by atoms with van der Waals surface area (Å²) in [6.45, 7) is 0. The van der Waals surface area contributed by atoms with E-state index in [1.807, 2.05) is 11.3 Å². The average molecular weight is 537 g/mol. The Morgan fingerprint density at radius 3 is 1.78 bits per heavy atom. The van der Waals surface area contributed by atoms with Gasteiger partial charge in [-0.2, -0.15) is 0 Å². The summed E-state index contributed by atoms with van der Waals surface area (Å²) in [6.07, 6.45) is 0. The Morgan fingerprint density at radius 1 is 0.341 bits per heavy atom. The summed E-state index contributed by atoms with van der Waals surface area (Å²) in [7, 11) is 0. The maximum atomic E-state index is 2.42. The molecule has 0 aliphatic rings. The predicted molar refractivity (Wildman–Crippen MR) is 180 cm³/mol. The molecule has 0 aliphatic carbocycles. The Morgan fingerprint density at radius 2 is 0.951 bits per heavy atom. The minimum Gasteiger partial charge on any atom is -0.135 e. The average Bonchev–Trinajstić information content (AvgIpc) is 3.41. The summed E-state index contributed by atoms with van der Waals surface area (Å²) in [4.78, 5) is 0. The maximum absolute atomic E-state index is 2.42. The fourth-order valence-electron chi connectivity index (χ4n) is 6.86. The van der Waals surface area contributed by atoms with Crippen LogP contribution < -0.4 is 0 Å². The lowest BCUT2D eigenvalue weighted by atomic mass is 9.83. The van der Waals surface area contributed by atoms with Crippen LogP contribution in [0.1, 0.15) is 0 Å². The van der Waals surface area contributed by atoms with E-state index >= 15 is 0 Å². The van der Waals surface area contributed by atoms with Crippen molar-refractivity contribution in [3.8, 4) is 22.3 Å². The van der Waals surface area contributed by atoms with Gasteiger partial charge in [-0.15, -0.1) is 11.3 Å². The Bertz CT molecular complexity index is 2470. The molecule has 9 rings (SSSR count). The largest absolute Gasteiger partial charge is 0.135 e. The van der Waals surface area contributed by atoms with Crippen LogP contribution >= 0.6 is 11.3 Å². The summed E-state index contributed by atoms with van der Waals surface area (Å²) < 4.78 is 2.67. The SMILES string of the molecule is c1ccc2c(-c3c4ccccc4c(-c4ccc5sc6ccccc6c5c4)c4ccc5ccccc5c34)cccc2c1. The maximum Gasteiger partial charge on any atom is 0.0355 e. The number of hydrogen-bond acceptors (Lipinski definition) is 1. The van der Waals surface area contributed by atoms with Gasteiger partial charge >= 0.3 is 0 Å². The van der Waals surface area contributed by atoms with Gasteiger partial charge in [0.05, 0.1) is 0 Å². The molecular formula is C40H24S. The van der Waals surface area contributed by atoms with Gasteiger partial charge in [-0.25, -0.2) is 0 Å². The van der Waals surface area contributed by atoms with Crippen molar-refractivity contribution in [3.05, 3.63) is 146 Å². The van der Waals surface area contributed by atoms with Crippen LogP contribution in [0.2, 0.25) is 0 Å². The van der Waals surface area contributed by atoms with Gasteiger partial charge in [-0.05, 0) is 83.5 Å². The van der Waals surface area contributed by atoms with Crippen LogP contribution in [0.4, 0.5) is 0 Å². The molecule has 0 aliphatic heterocycles. The molecule has 0 bridgehead atoms. The smallest absolute Gasteiger partial charge is 0.0355 e. The third-order valence-electron chi connectivity index (χ3n) is 8.64. The van der Waals surface area contributed by atoms with Crippen molar-refractivity contribution in [2.24, 2.45) is 0 Å². The highest BCUT2D eigenvalue weighted by Gasteiger charge is 2.20. The van der Waals surface area contributed by atoms with Crippen molar-refractivity contribution in [1.82, 2.24) is 0 Å². The van der Waals surface area contributed by atoms with Gasteiger partial charge in [0, 0.05) is 20.2 Å². The third-order valence-corrected chi connectivity index (χ3v) is 9.79. The zero-order valence-electron chi connectivity index (χ0n) is 22.3. The van der Waals surface area contributed by atoms with Gasteiger partial charge < -0.3 is 0 Å². The molecule has 8 aromatic carbocycles. The van der Waals surface area contributed by atoms with E-state index in [1.165, 1.54) is 85.5 Å². The lowest BCUT2D eigenvalue weighted by Crippen LogP contribution is -1.92. The third kappa shape index (κ3) is 3.33. The highest BCUT2D eigenvalue weighted by molar-refractivity contribution is 7.25. The number of benzene rings is 8. The molecule has 0 unspecified atom stereocenters. The van der Waals surface area contributed by atoms with Crippen molar-refractivity contribution < 1.29 is 0 Å². The topological polar surface area (TPSA) is 0 Å². The molecular weight excluding hydrogens is 513 g/mol. The zero-order valence-corrected chi connectivity index (χ0v) is 23.1. The molecule has 0 fully saturated rings. The molecule has 0 amide bonds. The van der Waals surface area contributed by atoms with Crippen molar-refractivity contribution in [1.29, 1.82) is 0 Å². The van der Waals surface area contributed by atoms with Crippen LogP contribution in [0.15, 0.2) is 146 Å². The van der Waals surface area contributed by atoms with E-state index in [2.05, 4.69) is 146 Å². The van der Waals surface area contributed by atoms with E-state index < -0.39 is 0 Å². The second-order valence-electron chi connectivity index (χ2n) is 10.8. The summed E-state index contributed by atoms with van der Waals surface area (Å²) in [5.41, 5.74) is 5.17. The van der Waals surface area contributed by atoms with E-state index in [9.17, 15) is 0 Å². The van der Waals surface area contributed by atoms with Gasteiger partial charge in [-0.1, -0.05) is 127 Å². The van der Waals surface area contributed by atoms with E-state index in [4.69, 9.17) is 0 Å². The van der Waals surface area contributed by atoms with Crippen molar-refractivity contribution >= 4 is 74.6 Å². The van der Waals surface area contributed by atoms with Crippen LogP contribution in [0.25, 0.3) is 85.5 Å². The van der Waals surface area contributed by atoms with E-state index in [0.717, 1.165) is 0 Å². The number of fused-ring (bicyclic) bond motifs is 8. The first-order chi connectivity index (χ1) is 20.3. The molecule has 0 N–H and O–H groups in total. The first-order valence-electron chi connectivity index (χ1n) is 14.1. The monoisotopic (exact) mass is 536 g/mol. The molecule has 0 saturated heterocycles. The van der Waals surface area contributed by atoms with E-state index in [1.54, 1.807) is 0 Å². The van der Waals surface area contributed by atoms with E-state index in [0.29, 0.717) is 0 Å². The molecule has 9 aromatic rings. The molecule has 190 valence electrons. The Kier molecular flexibility index (Phi) is 4.87. The fourth-order valence-corrected chi connectivity index (χ4v) is 7.95. The molecule has 0 radical (unpaired) electrons. The first kappa shape index (κ1) is 22.8. The Balaban J connectivity index is 1.50. The van der Waals surface area contributed by atoms with Gasteiger partial charge in [0.25, 0.3) is 0 Å². The number of thiophene rings is 1. The number of hydrogen-bond donors (Lipinski definition) is 0. The van der Waals surface area contributed by atoms with E-state index in [-0.39, 0.29) is 0 Å². The lowest BCUT2D eigenvalue weighted by Gasteiger charge is -2.20. The zero-order chi connectivity index (χ0) is 26.9. The Hall–Kier alpha value is -4.98. The van der Waals surface area contributed by atoms with Gasteiger partial charge in [-0.3, -0.25) is 0 Å². The molecule has 41 heavy (non-hydrogen) atoms. The predicted octanol–water partition coefficient (Wildman–Crippen LogP) is 12.0. The van der Waals surface area contributed by atoms with Crippen LogP contribution in [0, 0.1) is 0 Å². The van der Waals surface area contributed by atoms with Crippen LogP contribution in [0.3, 0.4) is 0 Å². The van der Waals surface area contributed by atoms with Crippen molar-refractivity contribution in [2.75, 3.05) is 0 Å². The molecule has 0 spiro atoms.